The standard InChI is InChI=1S/C15H20N2O2S/c1-17-7-6-11(9-13(17)18)15(19)16-14(10-4-5-10)12-3-2-8-20-12/h2-3,8,10-11,14H,4-7,9H2,1H3,(H,16,19)/t11-,14+/m1/s1. The Bertz CT molecular complexity index is 496. The van der Waals surface area contributed by atoms with Gasteiger partial charge >= 0.3 is 0 Å². The van der Waals surface area contributed by atoms with Gasteiger partial charge in [0.25, 0.3) is 0 Å². The molecule has 0 spiro atoms. The molecule has 0 unspecified atom stereocenters. The molecule has 1 aromatic heterocycles. The summed E-state index contributed by atoms with van der Waals surface area (Å²) in [5, 5.41) is 5.24. The molecule has 108 valence electrons. The summed E-state index contributed by atoms with van der Waals surface area (Å²) in [6.07, 6.45) is 3.50. The van der Waals surface area contributed by atoms with E-state index in [0.29, 0.717) is 18.9 Å². The molecule has 2 heterocycles. The number of carbonyl (C=O) groups is 2. The maximum atomic E-state index is 12.4. The van der Waals surface area contributed by atoms with Crippen LogP contribution in [0.3, 0.4) is 0 Å². The first-order valence-electron chi connectivity index (χ1n) is 7.23. The zero-order chi connectivity index (χ0) is 14.1. The summed E-state index contributed by atoms with van der Waals surface area (Å²) in [5.41, 5.74) is 0. The molecule has 0 aromatic carbocycles. The molecule has 0 bridgehead atoms. The average molecular weight is 292 g/mol. The molecule has 2 amide bonds. The third kappa shape index (κ3) is 2.87. The molecule has 2 aliphatic rings. The number of thiophene rings is 1. The number of nitrogens with zero attached hydrogens (tertiary/aromatic N) is 1. The van der Waals surface area contributed by atoms with Gasteiger partial charge in [-0.3, -0.25) is 9.59 Å². The number of piperidine rings is 1. The van der Waals surface area contributed by atoms with Crippen molar-refractivity contribution < 1.29 is 9.59 Å². The summed E-state index contributed by atoms with van der Waals surface area (Å²) in [6.45, 7) is 0.685. The Morgan fingerprint density at radius 2 is 2.25 bits per heavy atom. The van der Waals surface area contributed by atoms with Gasteiger partial charge in [0.1, 0.15) is 0 Å². The monoisotopic (exact) mass is 292 g/mol. The van der Waals surface area contributed by atoms with Crippen LogP contribution in [0, 0.1) is 11.8 Å². The number of carbonyl (C=O) groups excluding carboxylic acids is 2. The molecule has 1 saturated carbocycles. The highest BCUT2D eigenvalue weighted by Crippen LogP contribution is 2.42. The Morgan fingerprint density at radius 3 is 2.85 bits per heavy atom. The second-order valence-electron chi connectivity index (χ2n) is 5.84. The lowest BCUT2D eigenvalue weighted by Gasteiger charge is -2.29. The van der Waals surface area contributed by atoms with E-state index in [0.717, 1.165) is 6.42 Å². The fourth-order valence-corrected chi connectivity index (χ4v) is 3.63. The van der Waals surface area contributed by atoms with Crippen molar-refractivity contribution >= 4 is 23.2 Å². The zero-order valence-corrected chi connectivity index (χ0v) is 12.5. The topological polar surface area (TPSA) is 49.4 Å². The quantitative estimate of drug-likeness (QED) is 0.924. The second-order valence-corrected chi connectivity index (χ2v) is 6.82. The van der Waals surface area contributed by atoms with Gasteiger partial charge in [0.15, 0.2) is 0 Å². The minimum absolute atomic E-state index is 0.0525. The van der Waals surface area contributed by atoms with Crippen LogP contribution < -0.4 is 5.32 Å². The Hall–Kier alpha value is -1.36. The van der Waals surface area contributed by atoms with E-state index in [1.807, 2.05) is 6.07 Å². The normalized spacial score (nSPS) is 24.6. The lowest BCUT2D eigenvalue weighted by Crippen LogP contribution is -2.43. The predicted molar refractivity (Wildman–Crippen MR) is 78.3 cm³/mol. The van der Waals surface area contributed by atoms with Crippen molar-refractivity contribution in [3.8, 4) is 0 Å². The van der Waals surface area contributed by atoms with Gasteiger partial charge < -0.3 is 10.2 Å². The molecule has 1 aliphatic carbocycles. The van der Waals surface area contributed by atoms with Crippen molar-refractivity contribution in [1.82, 2.24) is 10.2 Å². The van der Waals surface area contributed by atoms with Gasteiger partial charge in [-0.15, -0.1) is 11.3 Å². The van der Waals surface area contributed by atoms with Crippen LogP contribution in [-0.4, -0.2) is 30.3 Å². The van der Waals surface area contributed by atoms with Crippen LogP contribution >= 0.6 is 11.3 Å². The third-order valence-corrected chi connectivity index (χ3v) is 5.23. The second kappa shape index (κ2) is 5.56. The summed E-state index contributed by atoms with van der Waals surface area (Å²) in [4.78, 5) is 27.1. The average Bonchev–Trinajstić information content (AvgIpc) is 3.13. The van der Waals surface area contributed by atoms with Crippen molar-refractivity contribution in [2.24, 2.45) is 11.8 Å². The Balaban J connectivity index is 1.64. The van der Waals surface area contributed by atoms with Crippen molar-refractivity contribution in [1.29, 1.82) is 0 Å². The molecule has 4 nitrogen and oxygen atoms in total. The molecular weight excluding hydrogens is 272 g/mol. The fourth-order valence-electron chi connectivity index (χ4n) is 2.76. The van der Waals surface area contributed by atoms with Crippen molar-refractivity contribution in [2.75, 3.05) is 13.6 Å². The van der Waals surface area contributed by atoms with Gasteiger partial charge in [-0.1, -0.05) is 6.07 Å². The van der Waals surface area contributed by atoms with Crippen LogP contribution in [0.4, 0.5) is 0 Å². The van der Waals surface area contributed by atoms with Crippen LogP contribution in [0.1, 0.15) is 36.6 Å². The van der Waals surface area contributed by atoms with Gasteiger partial charge in [-0.2, -0.15) is 0 Å². The van der Waals surface area contributed by atoms with Crippen LogP contribution in [0.2, 0.25) is 0 Å². The summed E-state index contributed by atoms with van der Waals surface area (Å²) in [6, 6.07) is 4.27. The van der Waals surface area contributed by atoms with E-state index in [4.69, 9.17) is 0 Å². The number of rotatable bonds is 4. The van der Waals surface area contributed by atoms with Gasteiger partial charge in [0.05, 0.1) is 6.04 Å². The largest absolute Gasteiger partial charge is 0.348 e. The van der Waals surface area contributed by atoms with E-state index < -0.39 is 0 Å². The summed E-state index contributed by atoms with van der Waals surface area (Å²) < 4.78 is 0. The first-order chi connectivity index (χ1) is 9.65. The SMILES string of the molecule is CN1CC[C@@H](C(=O)N[C@H](c2cccs2)C2CC2)CC1=O. The Labute approximate surface area is 123 Å². The minimum Gasteiger partial charge on any atom is -0.348 e. The number of amides is 2. The summed E-state index contributed by atoms with van der Waals surface area (Å²) in [5.74, 6) is 0.562. The van der Waals surface area contributed by atoms with Crippen LogP contribution in [0.15, 0.2) is 17.5 Å². The van der Waals surface area contributed by atoms with Crippen LogP contribution in [0.25, 0.3) is 0 Å². The number of likely N-dealkylation sites (tertiary alicyclic amines) is 1. The van der Waals surface area contributed by atoms with Crippen molar-refractivity contribution in [3.05, 3.63) is 22.4 Å². The molecule has 5 heteroatoms. The van der Waals surface area contributed by atoms with Crippen LogP contribution in [-0.2, 0) is 9.59 Å². The molecule has 1 aliphatic heterocycles. The van der Waals surface area contributed by atoms with Gasteiger partial charge in [0, 0.05) is 30.8 Å². The molecule has 3 rings (SSSR count). The molecule has 2 atom stereocenters. The summed E-state index contributed by atoms with van der Waals surface area (Å²) in [7, 11) is 1.80. The minimum atomic E-state index is -0.153. The van der Waals surface area contributed by atoms with Gasteiger partial charge in [0.2, 0.25) is 11.8 Å². The molecule has 2 fully saturated rings. The van der Waals surface area contributed by atoms with Crippen molar-refractivity contribution in [2.45, 2.75) is 31.7 Å². The highest BCUT2D eigenvalue weighted by molar-refractivity contribution is 7.10. The van der Waals surface area contributed by atoms with Gasteiger partial charge in [-0.05, 0) is 36.6 Å². The maximum Gasteiger partial charge on any atom is 0.224 e. The lowest BCUT2D eigenvalue weighted by molar-refractivity contribution is -0.139. The van der Waals surface area contributed by atoms with Crippen molar-refractivity contribution in [3.63, 3.8) is 0 Å². The van der Waals surface area contributed by atoms with E-state index in [2.05, 4.69) is 16.8 Å². The Morgan fingerprint density at radius 1 is 1.45 bits per heavy atom. The highest BCUT2D eigenvalue weighted by atomic mass is 32.1. The predicted octanol–water partition coefficient (Wildman–Crippen LogP) is 2.18. The smallest absolute Gasteiger partial charge is 0.224 e. The van der Waals surface area contributed by atoms with E-state index in [1.165, 1.54) is 17.7 Å². The first-order valence-corrected chi connectivity index (χ1v) is 8.11. The van der Waals surface area contributed by atoms with E-state index in [9.17, 15) is 9.59 Å². The van der Waals surface area contributed by atoms with E-state index in [-0.39, 0.29) is 23.8 Å². The molecule has 1 aromatic rings. The number of hydrogen-bond acceptors (Lipinski definition) is 3. The molecule has 20 heavy (non-hydrogen) atoms. The molecule has 1 saturated heterocycles. The third-order valence-electron chi connectivity index (χ3n) is 4.27. The van der Waals surface area contributed by atoms with E-state index in [1.54, 1.807) is 23.3 Å². The molecule has 0 radical (unpaired) electrons. The Kier molecular flexibility index (Phi) is 3.78. The zero-order valence-electron chi connectivity index (χ0n) is 11.7. The fraction of sp³-hybridized carbons (Fsp3) is 0.600. The number of nitrogens with one attached hydrogen (secondary N) is 1. The first kappa shape index (κ1) is 13.6. The number of hydrogen-bond donors (Lipinski definition) is 1. The van der Waals surface area contributed by atoms with E-state index >= 15 is 0 Å². The highest BCUT2D eigenvalue weighted by Gasteiger charge is 2.36. The maximum absolute atomic E-state index is 12.4. The van der Waals surface area contributed by atoms with Gasteiger partial charge in [-0.25, -0.2) is 0 Å². The van der Waals surface area contributed by atoms with Crippen LogP contribution in [0.5, 0.6) is 0 Å². The molecule has 1 N–H and O–H groups in total. The summed E-state index contributed by atoms with van der Waals surface area (Å²) >= 11 is 1.70. The molecular formula is C15H20N2O2S. The lowest BCUT2D eigenvalue weighted by atomic mass is 9.95.